The van der Waals surface area contributed by atoms with E-state index in [1.807, 2.05) is 0 Å². The van der Waals surface area contributed by atoms with Crippen molar-refractivity contribution >= 4 is 23.2 Å². The first kappa shape index (κ1) is 23.0. The fourth-order valence-corrected chi connectivity index (χ4v) is 5.04. The van der Waals surface area contributed by atoms with Crippen molar-refractivity contribution in [1.82, 2.24) is 24.6 Å². The maximum atomic E-state index is 14.7. The summed E-state index contributed by atoms with van der Waals surface area (Å²) in [7, 11) is 0. The molecule has 8 nitrogen and oxygen atoms in total. The predicted molar refractivity (Wildman–Crippen MR) is 119 cm³/mol. The Hall–Kier alpha value is -3.38. The minimum atomic E-state index is -4.78. The average molecular weight is 521 g/mol. The molecular formula is C23H17ClF4N6O2. The molecule has 186 valence electrons. The Morgan fingerprint density at radius 3 is 2.64 bits per heavy atom. The number of hydrogen-bond acceptors (Lipinski definition) is 6. The number of fused-ring (bicyclic) bond motifs is 3. The number of likely N-dealkylation sites (tertiary alicyclic amines) is 1. The van der Waals surface area contributed by atoms with Crippen LogP contribution in [0.5, 0.6) is 0 Å². The third-order valence-corrected chi connectivity index (χ3v) is 7.00. The molecule has 1 spiro atoms. The van der Waals surface area contributed by atoms with Gasteiger partial charge in [0.2, 0.25) is 5.82 Å². The molecule has 2 saturated heterocycles. The van der Waals surface area contributed by atoms with Crippen molar-refractivity contribution < 1.29 is 27.1 Å². The van der Waals surface area contributed by atoms with Crippen LogP contribution in [0.25, 0.3) is 5.69 Å². The molecule has 3 aliphatic rings. The minimum absolute atomic E-state index is 0.0742. The van der Waals surface area contributed by atoms with Crippen LogP contribution in [-0.4, -0.2) is 61.6 Å². The second-order valence-electron chi connectivity index (χ2n) is 8.95. The summed E-state index contributed by atoms with van der Waals surface area (Å²) in [4.78, 5) is 27.4. The normalized spacial score (nSPS) is 20.1. The zero-order valence-electron chi connectivity index (χ0n) is 18.7. The Morgan fingerprint density at radius 1 is 1.25 bits per heavy atom. The van der Waals surface area contributed by atoms with Crippen molar-refractivity contribution in [1.29, 1.82) is 0 Å². The predicted octanol–water partition coefficient (Wildman–Crippen LogP) is 4.00. The summed E-state index contributed by atoms with van der Waals surface area (Å²) < 4.78 is 62.7. The lowest BCUT2D eigenvalue weighted by Crippen LogP contribution is -2.69. The zero-order valence-corrected chi connectivity index (χ0v) is 19.4. The molecule has 0 radical (unpaired) electrons. The molecule has 3 aliphatic heterocycles. The van der Waals surface area contributed by atoms with E-state index in [2.05, 4.69) is 20.1 Å². The zero-order chi connectivity index (χ0) is 25.4. The van der Waals surface area contributed by atoms with Crippen LogP contribution in [0.15, 0.2) is 35.5 Å². The second kappa shape index (κ2) is 7.81. The number of benzene rings is 1. The summed E-state index contributed by atoms with van der Waals surface area (Å²) >= 11 is 6.30. The molecule has 5 heterocycles. The molecule has 2 aromatic heterocycles. The van der Waals surface area contributed by atoms with Gasteiger partial charge in [0.25, 0.3) is 5.91 Å². The van der Waals surface area contributed by atoms with Crippen molar-refractivity contribution in [3.05, 3.63) is 69.8 Å². The Balaban J connectivity index is 1.50. The van der Waals surface area contributed by atoms with Crippen molar-refractivity contribution in [2.75, 3.05) is 19.7 Å². The van der Waals surface area contributed by atoms with Gasteiger partial charge in [0.15, 0.2) is 11.6 Å². The molecule has 1 atom stereocenters. The molecule has 6 rings (SSSR count). The summed E-state index contributed by atoms with van der Waals surface area (Å²) in [6, 6.07) is 3.63. The molecule has 3 aromatic rings. The van der Waals surface area contributed by atoms with Gasteiger partial charge in [0.1, 0.15) is 17.3 Å². The topological polar surface area (TPSA) is 85.5 Å². The highest BCUT2D eigenvalue weighted by Gasteiger charge is 2.51. The molecule has 1 unspecified atom stereocenters. The van der Waals surface area contributed by atoms with Gasteiger partial charge in [-0.3, -0.25) is 14.8 Å². The third-order valence-electron chi connectivity index (χ3n) is 6.60. The van der Waals surface area contributed by atoms with Gasteiger partial charge in [-0.2, -0.15) is 13.2 Å². The molecule has 0 bridgehead atoms. The molecule has 36 heavy (non-hydrogen) atoms. The number of rotatable bonds is 2. The standard InChI is InChI=1S/C23H17ClF4N6O2/c1-11-20-31-19(21(35)33-9-22(10-33)6-8-36-22)32-34(20)14-5-4-12(23(26,27)28)16(24)15(14)18(30-11)17-13(25)3-2-7-29-17/h2-5,7,11H,6,8-10H2,1H3. The van der Waals surface area contributed by atoms with Crippen molar-refractivity contribution in [3.63, 3.8) is 0 Å². The summed E-state index contributed by atoms with van der Waals surface area (Å²) in [5.41, 5.74) is -1.97. The Kier molecular flexibility index (Phi) is 5.00. The molecule has 0 N–H and O–H groups in total. The molecule has 1 aromatic carbocycles. The molecule has 2 fully saturated rings. The monoisotopic (exact) mass is 520 g/mol. The Labute approximate surface area is 206 Å². The van der Waals surface area contributed by atoms with E-state index in [0.29, 0.717) is 19.7 Å². The lowest BCUT2D eigenvalue weighted by Gasteiger charge is -2.54. The van der Waals surface area contributed by atoms with E-state index in [1.165, 1.54) is 16.9 Å². The highest BCUT2D eigenvalue weighted by atomic mass is 35.5. The van der Waals surface area contributed by atoms with Crippen molar-refractivity contribution in [2.24, 2.45) is 4.99 Å². The molecular weight excluding hydrogens is 504 g/mol. The van der Waals surface area contributed by atoms with Crippen LogP contribution in [0, 0.1) is 5.82 Å². The van der Waals surface area contributed by atoms with Crippen LogP contribution in [-0.2, 0) is 10.9 Å². The summed E-state index contributed by atoms with van der Waals surface area (Å²) in [6.45, 7) is 3.11. The quantitative estimate of drug-likeness (QED) is 0.477. The van der Waals surface area contributed by atoms with Gasteiger partial charge in [-0.15, -0.1) is 5.10 Å². The fourth-order valence-electron chi connectivity index (χ4n) is 4.68. The Morgan fingerprint density at radius 2 is 2.00 bits per heavy atom. The number of amides is 1. The largest absolute Gasteiger partial charge is 0.417 e. The van der Waals surface area contributed by atoms with E-state index in [9.17, 15) is 22.4 Å². The molecule has 0 aliphatic carbocycles. The lowest BCUT2D eigenvalue weighted by molar-refractivity contribution is -0.209. The SMILES string of the molecule is CC1N=C(c2ncccc2F)c2c(ccc(C(F)(F)F)c2Cl)-n2nc(C(=O)N3CC4(CCO4)C3)nc21. The van der Waals surface area contributed by atoms with Crippen LogP contribution in [0.2, 0.25) is 5.02 Å². The number of halogens is 5. The van der Waals surface area contributed by atoms with Gasteiger partial charge in [-0.05, 0) is 31.2 Å². The lowest BCUT2D eigenvalue weighted by atomic mass is 9.86. The number of nitrogens with zero attached hydrogens (tertiary/aromatic N) is 6. The van der Waals surface area contributed by atoms with Gasteiger partial charge in [-0.1, -0.05) is 11.6 Å². The van der Waals surface area contributed by atoms with E-state index < -0.39 is 34.5 Å². The molecule has 13 heteroatoms. The van der Waals surface area contributed by atoms with Crippen molar-refractivity contribution in [3.8, 4) is 5.69 Å². The number of ether oxygens (including phenoxy) is 1. The first-order chi connectivity index (χ1) is 17.1. The number of aliphatic imine (C=N–C) groups is 1. The second-order valence-corrected chi connectivity index (χ2v) is 9.33. The smallest absolute Gasteiger partial charge is 0.371 e. The van der Waals surface area contributed by atoms with Crippen LogP contribution in [0.3, 0.4) is 0 Å². The average Bonchev–Trinajstić information content (AvgIpc) is 3.16. The third kappa shape index (κ3) is 3.42. The molecule has 1 amide bonds. The van der Waals surface area contributed by atoms with Crippen LogP contribution in [0.4, 0.5) is 17.6 Å². The van der Waals surface area contributed by atoms with Gasteiger partial charge in [0, 0.05) is 18.2 Å². The number of carbonyl (C=O) groups is 1. The van der Waals surface area contributed by atoms with E-state index in [-0.39, 0.29) is 39.9 Å². The van der Waals surface area contributed by atoms with E-state index in [4.69, 9.17) is 16.3 Å². The maximum Gasteiger partial charge on any atom is 0.417 e. The summed E-state index contributed by atoms with van der Waals surface area (Å²) in [5.74, 6) is -1.15. The molecule has 0 saturated carbocycles. The minimum Gasteiger partial charge on any atom is -0.371 e. The van der Waals surface area contributed by atoms with Crippen LogP contribution < -0.4 is 0 Å². The highest BCUT2D eigenvalue weighted by Crippen LogP contribution is 2.42. The fraction of sp³-hybridized carbons (Fsp3) is 0.348. The Bertz CT molecular complexity index is 1440. The van der Waals surface area contributed by atoms with Crippen LogP contribution in [0.1, 0.15) is 52.7 Å². The maximum absolute atomic E-state index is 14.7. The highest BCUT2D eigenvalue weighted by molar-refractivity contribution is 6.37. The van der Waals surface area contributed by atoms with E-state index >= 15 is 0 Å². The number of alkyl halides is 3. The van der Waals surface area contributed by atoms with Crippen molar-refractivity contribution in [2.45, 2.75) is 31.2 Å². The van der Waals surface area contributed by atoms with E-state index in [1.54, 1.807) is 11.8 Å². The first-order valence-corrected chi connectivity index (χ1v) is 11.5. The first-order valence-electron chi connectivity index (χ1n) is 11.1. The van der Waals surface area contributed by atoms with Gasteiger partial charge >= 0.3 is 6.18 Å². The van der Waals surface area contributed by atoms with Gasteiger partial charge in [-0.25, -0.2) is 14.1 Å². The van der Waals surface area contributed by atoms with E-state index in [0.717, 1.165) is 24.6 Å². The number of hydrogen-bond donors (Lipinski definition) is 0. The number of aromatic nitrogens is 4. The summed E-state index contributed by atoms with van der Waals surface area (Å²) in [6.07, 6.45) is -2.60. The van der Waals surface area contributed by atoms with Gasteiger partial charge < -0.3 is 9.64 Å². The van der Waals surface area contributed by atoms with Crippen LogP contribution >= 0.6 is 11.6 Å². The number of carbonyl (C=O) groups excluding carboxylic acids is 1. The van der Waals surface area contributed by atoms with Gasteiger partial charge in [0.05, 0.1) is 41.7 Å². The summed E-state index contributed by atoms with van der Waals surface area (Å²) in [5, 5.41) is 3.65. The number of pyridine rings is 1.